The number of nitrogens with zero attached hydrogens (tertiary/aromatic N) is 2. The summed E-state index contributed by atoms with van der Waals surface area (Å²) in [6.07, 6.45) is 1.99. The first kappa shape index (κ1) is 14.2. The van der Waals surface area contributed by atoms with Gasteiger partial charge in [0.05, 0.1) is 9.26 Å². The predicted octanol–water partition coefficient (Wildman–Crippen LogP) is 3.90. The molecule has 0 spiro atoms. The van der Waals surface area contributed by atoms with Crippen molar-refractivity contribution in [2.45, 2.75) is 33.6 Å². The summed E-state index contributed by atoms with van der Waals surface area (Å²) in [5.41, 5.74) is 10.5. The number of aryl methyl sites for hydroxylation is 3. The van der Waals surface area contributed by atoms with Gasteiger partial charge in [0.25, 0.3) is 0 Å². The van der Waals surface area contributed by atoms with Crippen molar-refractivity contribution in [3.05, 3.63) is 38.6 Å². The molecule has 0 aliphatic rings. The van der Waals surface area contributed by atoms with Gasteiger partial charge in [0.1, 0.15) is 5.82 Å². The summed E-state index contributed by atoms with van der Waals surface area (Å²) in [5, 5.41) is 0. The molecular weight excluding hydrogens is 349 g/mol. The molecule has 0 unspecified atom stereocenters. The highest BCUT2D eigenvalue weighted by Gasteiger charge is 2.12. The van der Waals surface area contributed by atoms with Crippen LogP contribution in [0.25, 0.3) is 11.4 Å². The van der Waals surface area contributed by atoms with Gasteiger partial charge >= 0.3 is 0 Å². The average Bonchev–Trinajstić information content (AvgIpc) is 2.35. The fourth-order valence-corrected chi connectivity index (χ4v) is 2.61. The summed E-state index contributed by atoms with van der Waals surface area (Å²) in [4.78, 5) is 9.12. The van der Waals surface area contributed by atoms with E-state index in [1.54, 1.807) is 0 Å². The molecule has 0 aliphatic carbocycles. The lowest BCUT2D eigenvalue weighted by Gasteiger charge is -2.10. The van der Waals surface area contributed by atoms with E-state index in [-0.39, 0.29) is 0 Å². The minimum absolute atomic E-state index is 0.578. The van der Waals surface area contributed by atoms with Crippen LogP contribution in [0.4, 0.5) is 5.82 Å². The molecule has 2 aromatic rings. The van der Waals surface area contributed by atoms with Crippen molar-refractivity contribution < 1.29 is 0 Å². The Hall–Kier alpha value is -1.17. The second-order valence-corrected chi connectivity index (χ2v) is 5.84. The fraction of sp³-hybridized carbons (Fsp3) is 0.333. The lowest BCUT2D eigenvalue weighted by molar-refractivity contribution is 0.869. The van der Waals surface area contributed by atoms with Crippen LogP contribution in [0.15, 0.2) is 18.2 Å². The van der Waals surface area contributed by atoms with Gasteiger partial charge < -0.3 is 5.73 Å². The first-order valence-corrected chi connectivity index (χ1v) is 7.50. The number of anilines is 1. The number of benzene rings is 1. The van der Waals surface area contributed by atoms with Crippen LogP contribution in [0, 0.1) is 17.4 Å². The molecular formula is C15H18IN3. The second kappa shape index (κ2) is 5.86. The van der Waals surface area contributed by atoms with E-state index in [0.29, 0.717) is 5.82 Å². The van der Waals surface area contributed by atoms with Crippen LogP contribution in [-0.4, -0.2) is 9.97 Å². The normalized spacial score (nSPS) is 10.7. The van der Waals surface area contributed by atoms with E-state index in [0.717, 1.165) is 33.5 Å². The Kier molecular flexibility index (Phi) is 4.39. The van der Waals surface area contributed by atoms with Gasteiger partial charge in [-0.15, -0.1) is 0 Å². The first-order chi connectivity index (χ1) is 9.02. The molecule has 1 heterocycles. The molecule has 0 atom stereocenters. The number of hydrogen-bond acceptors (Lipinski definition) is 3. The molecule has 100 valence electrons. The standard InChI is InChI=1S/C15H18IN3/c1-4-5-12-13(16)14(17)19-15(18-12)11-7-6-9(2)8-10(11)3/h6-8H,4-5H2,1-3H3,(H2,17,18,19). The summed E-state index contributed by atoms with van der Waals surface area (Å²) in [6, 6.07) is 6.30. The molecule has 0 amide bonds. The zero-order chi connectivity index (χ0) is 14.0. The van der Waals surface area contributed by atoms with Crippen molar-refractivity contribution in [3.8, 4) is 11.4 Å². The predicted molar refractivity (Wildman–Crippen MR) is 88.1 cm³/mol. The lowest BCUT2D eigenvalue weighted by atomic mass is 10.0. The molecule has 2 rings (SSSR count). The summed E-state index contributed by atoms with van der Waals surface area (Å²) < 4.78 is 0.980. The Bertz CT molecular complexity index is 609. The van der Waals surface area contributed by atoms with E-state index in [1.807, 2.05) is 0 Å². The van der Waals surface area contributed by atoms with Crippen LogP contribution >= 0.6 is 22.6 Å². The maximum absolute atomic E-state index is 6.01. The van der Waals surface area contributed by atoms with Gasteiger partial charge in [-0.3, -0.25) is 0 Å². The number of aromatic nitrogens is 2. The molecule has 0 aliphatic heterocycles. The third kappa shape index (κ3) is 3.05. The monoisotopic (exact) mass is 367 g/mol. The highest BCUT2D eigenvalue weighted by molar-refractivity contribution is 14.1. The van der Waals surface area contributed by atoms with Gasteiger partial charge in [0, 0.05) is 5.56 Å². The van der Waals surface area contributed by atoms with E-state index in [4.69, 9.17) is 5.73 Å². The summed E-state index contributed by atoms with van der Waals surface area (Å²) in [5.74, 6) is 1.31. The number of nitrogen functional groups attached to an aromatic ring is 1. The number of hydrogen-bond donors (Lipinski definition) is 1. The van der Waals surface area contributed by atoms with Crippen LogP contribution in [0.5, 0.6) is 0 Å². The van der Waals surface area contributed by atoms with E-state index in [9.17, 15) is 0 Å². The van der Waals surface area contributed by atoms with E-state index in [1.165, 1.54) is 11.1 Å². The zero-order valence-corrected chi connectivity index (χ0v) is 13.7. The molecule has 1 aromatic carbocycles. The topological polar surface area (TPSA) is 51.8 Å². The largest absolute Gasteiger partial charge is 0.383 e. The van der Waals surface area contributed by atoms with Gasteiger partial charge in [-0.2, -0.15) is 0 Å². The fourth-order valence-electron chi connectivity index (χ4n) is 2.10. The molecule has 2 N–H and O–H groups in total. The van der Waals surface area contributed by atoms with Crippen molar-refractivity contribution >= 4 is 28.4 Å². The van der Waals surface area contributed by atoms with Gasteiger partial charge in [-0.25, -0.2) is 9.97 Å². The van der Waals surface area contributed by atoms with Gasteiger partial charge in [0.15, 0.2) is 5.82 Å². The lowest BCUT2D eigenvalue weighted by Crippen LogP contribution is -2.05. The number of nitrogens with two attached hydrogens (primary N) is 1. The van der Waals surface area contributed by atoms with Crippen LogP contribution in [0.1, 0.15) is 30.2 Å². The van der Waals surface area contributed by atoms with Gasteiger partial charge in [0.2, 0.25) is 0 Å². The Labute approximate surface area is 127 Å². The highest BCUT2D eigenvalue weighted by atomic mass is 127. The molecule has 0 bridgehead atoms. The third-order valence-corrected chi connectivity index (χ3v) is 4.23. The summed E-state index contributed by atoms with van der Waals surface area (Å²) in [6.45, 7) is 6.31. The summed E-state index contributed by atoms with van der Waals surface area (Å²) in [7, 11) is 0. The third-order valence-electron chi connectivity index (χ3n) is 3.06. The SMILES string of the molecule is CCCc1nc(-c2ccc(C)cc2C)nc(N)c1I. The van der Waals surface area contributed by atoms with Crippen LogP contribution < -0.4 is 5.73 Å². The quantitative estimate of drug-likeness (QED) is 0.838. The molecule has 0 saturated carbocycles. The smallest absolute Gasteiger partial charge is 0.162 e. The van der Waals surface area contributed by atoms with Crippen molar-refractivity contribution in [3.63, 3.8) is 0 Å². The van der Waals surface area contributed by atoms with Crippen LogP contribution in [0.2, 0.25) is 0 Å². The molecule has 4 heteroatoms. The van der Waals surface area contributed by atoms with E-state index < -0.39 is 0 Å². The molecule has 0 saturated heterocycles. The van der Waals surface area contributed by atoms with Crippen molar-refractivity contribution in [2.24, 2.45) is 0 Å². The first-order valence-electron chi connectivity index (χ1n) is 6.42. The Balaban J connectivity index is 2.56. The van der Waals surface area contributed by atoms with Gasteiger partial charge in [-0.05, 0) is 48.4 Å². The van der Waals surface area contributed by atoms with Crippen LogP contribution in [0.3, 0.4) is 0 Å². The Morgan fingerprint density at radius 3 is 2.58 bits per heavy atom. The Morgan fingerprint density at radius 2 is 1.95 bits per heavy atom. The molecule has 0 radical (unpaired) electrons. The second-order valence-electron chi connectivity index (χ2n) is 4.76. The molecule has 1 aromatic heterocycles. The zero-order valence-electron chi connectivity index (χ0n) is 11.5. The highest BCUT2D eigenvalue weighted by Crippen LogP contribution is 2.25. The molecule has 19 heavy (non-hydrogen) atoms. The van der Waals surface area contributed by atoms with Crippen molar-refractivity contribution in [2.75, 3.05) is 5.73 Å². The maximum atomic E-state index is 6.01. The van der Waals surface area contributed by atoms with Crippen LogP contribution in [-0.2, 0) is 6.42 Å². The van der Waals surface area contributed by atoms with E-state index >= 15 is 0 Å². The maximum Gasteiger partial charge on any atom is 0.162 e. The molecule has 0 fully saturated rings. The van der Waals surface area contributed by atoms with E-state index in [2.05, 4.69) is 71.5 Å². The van der Waals surface area contributed by atoms with Crippen molar-refractivity contribution in [1.82, 2.24) is 9.97 Å². The Morgan fingerprint density at radius 1 is 1.21 bits per heavy atom. The average molecular weight is 367 g/mol. The minimum Gasteiger partial charge on any atom is -0.383 e. The molecule has 3 nitrogen and oxygen atoms in total. The minimum atomic E-state index is 0.578. The number of rotatable bonds is 3. The van der Waals surface area contributed by atoms with Gasteiger partial charge in [-0.1, -0.05) is 37.1 Å². The summed E-state index contributed by atoms with van der Waals surface area (Å²) >= 11 is 2.23. The number of halogens is 1. The van der Waals surface area contributed by atoms with Crippen molar-refractivity contribution in [1.29, 1.82) is 0 Å².